The van der Waals surface area contributed by atoms with Gasteiger partial charge in [0.2, 0.25) is 11.8 Å². The number of primary amides is 2. The molecule has 1 aromatic rings. The van der Waals surface area contributed by atoms with E-state index in [-0.39, 0.29) is 23.9 Å². The van der Waals surface area contributed by atoms with Gasteiger partial charge in [0, 0.05) is 17.0 Å². The van der Waals surface area contributed by atoms with E-state index in [4.69, 9.17) is 11.5 Å². The summed E-state index contributed by atoms with van der Waals surface area (Å²) < 4.78 is 0.876. The third-order valence-electron chi connectivity index (χ3n) is 7.32. The van der Waals surface area contributed by atoms with Crippen LogP contribution >= 0.6 is 15.9 Å². The van der Waals surface area contributed by atoms with E-state index in [9.17, 15) is 14.7 Å². The molecule has 2 fully saturated rings. The van der Waals surface area contributed by atoms with Gasteiger partial charge in [0.05, 0.1) is 10.8 Å². The molecule has 0 heterocycles. The van der Waals surface area contributed by atoms with Gasteiger partial charge in [0.15, 0.2) is 0 Å². The van der Waals surface area contributed by atoms with Crippen molar-refractivity contribution in [3.8, 4) is 0 Å². The first-order valence-electron chi connectivity index (χ1n) is 8.95. The average Bonchev–Trinajstić information content (AvgIpc) is 3.27. The van der Waals surface area contributed by atoms with E-state index in [1.165, 1.54) is 0 Å². The number of hydrogen-bond donors (Lipinski definition) is 3. The molecule has 0 aromatic heterocycles. The lowest BCUT2D eigenvalue weighted by Crippen LogP contribution is -2.65. The van der Waals surface area contributed by atoms with Gasteiger partial charge >= 0.3 is 0 Å². The summed E-state index contributed by atoms with van der Waals surface area (Å²) in [5, 5.41) is 10.0. The van der Waals surface area contributed by atoms with Crippen LogP contribution in [0.15, 0.2) is 40.9 Å². The van der Waals surface area contributed by atoms with Crippen LogP contribution in [0.25, 0.3) is 0 Å². The highest BCUT2D eigenvalue weighted by Crippen LogP contribution is 2.81. The highest BCUT2D eigenvalue weighted by molar-refractivity contribution is 9.10. The SMILES string of the molecule is CC(CO)[C@]1(C(N)=O)[C@@H]2C=C[C@@H](C23CC3)[C@@]1(C(N)=O)c1ccc(Br)cc1. The number of hydrogen-bond acceptors (Lipinski definition) is 3. The summed E-state index contributed by atoms with van der Waals surface area (Å²) in [6.07, 6.45) is 5.96. The van der Waals surface area contributed by atoms with Gasteiger partial charge in [-0.15, -0.1) is 0 Å². The summed E-state index contributed by atoms with van der Waals surface area (Å²) >= 11 is 3.42. The minimum absolute atomic E-state index is 0.152. The van der Waals surface area contributed by atoms with E-state index in [2.05, 4.69) is 22.0 Å². The lowest BCUT2D eigenvalue weighted by Gasteiger charge is -2.50. The average molecular weight is 419 g/mol. The summed E-state index contributed by atoms with van der Waals surface area (Å²) in [5.41, 5.74) is 10.2. The molecule has 138 valence electrons. The third-order valence-corrected chi connectivity index (χ3v) is 7.85. The summed E-state index contributed by atoms with van der Waals surface area (Å²) in [6, 6.07) is 7.40. The standard InChI is InChI=1S/C20H23BrN2O3/c1-11(10-24)19(16(22)25)14-6-7-15(18(14)8-9-18)20(19,17(23)26)12-2-4-13(21)5-3-12/h2-7,11,14-15,24H,8-10H2,1H3,(H2,22,25)(H2,23,26)/t11?,14-,15+,19-,20-/m1/s1. The number of aliphatic hydroxyl groups excluding tert-OH is 1. The Morgan fingerprint density at radius 2 is 1.73 bits per heavy atom. The Hall–Kier alpha value is -1.66. The maximum atomic E-state index is 13.1. The molecule has 0 aliphatic heterocycles. The molecule has 2 amide bonds. The van der Waals surface area contributed by atoms with Crippen molar-refractivity contribution in [2.24, 2.45) is 40.1 Å². The number of rotatable bonds is 5. The molecule has 1 aromatic carbocycles. The van der Waals surface area contributed by atoms with Gasteiger partial charge in [-0.2, -0.15) is 0 Å². The Bertz CT molecular complexity index is 817. The number of halogens is 1. The number of carbonyl (C=O) groups excluding carboxylic acids is 2. The zero-order valence-corrected chi connectivity index (χ0v) is 16.2. The lowest BCUT2D eigenvalue weighted by molar-refractivity contribution is -0.149. The first-order chi connectivity index (χ1) is 12.3. The molecular weight excluding hydrogens is 396 g/mol. The fourth-order valence-corrected chi connectivity index (χ4v) is 6.57. The van der Waals surface area contributed by atoms with Gasteiger partial charge in [-0.1, -0.05) is 47.1 Å². The number of carbonyl (C=O) groups is 2. The number of benzene rings is 1. The molecule has 6 heteroatoms. The van der Waals surface area contributed by atoms with E-state index in [0.29, 0.717) is 5.56 Å². The van der Waals surface area contributed by atoms with Crippen molar-refractivity contribution >= 4 is 27.7 Å². The van der Waals surface area contributed by atoms with E-state index in [0.717, 1.165) is 17.3 Å². The van der Waals surface area contributed by atoms with Gasteiger partial charge in [-0.05, 0) is 47.8 Å². The van der Waals surface area contributed by atoms with Crippen LogP contribution < -0.4 is 11.5 Å². The van der Waals surface area contributed by atoms with Crippen LogP contribution in [0.5, 0.6) is 0 Å². The van der Waals surface area contributed by atoms with Crippen LogP contribution in [-0.2, 0) is 15.0 Å². The second-order valence-corrected chi connectivity index (χ2v) is 8.99. The lowest BCUT2D eigenvalue weighted by atomic mass is 9.50. The maximum absolute atomic E-state index is 13.1. The van der Waals surface area contributed by atoms with Gasteiger partial charge in [-0.3, -0.25) is 9.59 Å². The topological polar surface area (TPSA) is 106 Å². The molecule has 2 saturated carbocycles. The highest BCUT2D eigenvalue weighted by Gasteiger charge is 2.83. The fourth-order valence-electron chi connectivity index (χ4n) is 6.31. The van der Waals surface area contributed by atoms with Crippen molar-refractivity contribution in [3.63, 3.8) is 0 Å². The van der Waals surface area contributed by atoms with Crippen molar-refractivity contribution in [2.45, 2.75) is 25.2 Å². The summed E-state index contributed by atoms with van der Waals surface area (Å²) in [5.74, 6) is -1.95. The monoisotopic (exact) mass is 418 g/mol. The maximum Gasteiger partial charge on any atom is 0.229 e. The first kappa shape index (κ1) is 17.7. The molecule has 0 saturated heterocycles. The van der Waals surface area contributed by atoms with Crippen LogP contribution in [0.4, 0.5) is 0 Å². The van der Waals surface area contributed by atoms with Crippen molar-refractivity contribution < 1.29 is 14.7 Å². The van der Waals surface area contributed by atoms with Crippen LogP contribution in [0.2, 0.25) is 0 Å². The van der Waals surface area contributed by atoms with E-state index < -0.39 is 28.6 Å². The van der Waals surface area contributed by atoms with E-state index >= 15 is 0 Å². The Kier molecular flexibility index (Phi) is 3.70. The fraction of sp³-hybridized carbons (Fsp3) is 0.500. The quantitative estimate of drug-likeness (QED) is 0.635. The smallest absolute Gasteiger partial charge is 0.229 e. The van der Waals surface area contributed by atoms with Gasteiger partial charge < -0.3 is 16.6 Å². The van der Waals surface area contributed by atoms with Gasteiger partial charge in [0.25, 0.3) is 0 Å². The molecular formula is C20H23BrN2O3. The van der Waals surface area contributed by atoms with Crippen LogP contribution in [0.3, 0.4) is 0 Å². The van der Waals surface area contributed by atoms with Gasteiger partial charge in [0.1, 0.15) is 0 Å². The third kappa shape index (κ3) is 1.70. The normalized spacial score (nSPS) is 37.0. The molecule has 5 atom stereocenters. The van der Waals surface area contributed by atoms with Crippen LogP contribution in [0.1, 0.15) is 25.3 Å². The molecule has 5 nitrogen and oxygen atoms in total. The number of amides is 2. The molecule has 26 heavy (non-hydrogen) atoms. The molecule has 1 unspecified atom stereocenters. The van der Waals surface area contributed by atoms with Crippen LogP contribution in [-0.4, -0.2) is 23.5 Å². The number of aliphatic hydroxyl groups is 1. The minimum atomic E-state index is -1.25. The number of nitrogens with two attached hydrogens (primary N) is 2. The summed E-state index contributed by atoms with van der Waals surface area (Å²) in [4.78, 5) is 26.2. The Labute approximate surface area is 160 Å². The van der Waals surface area contributed by atoms with Crippen LogP contribution in [0, 0.1) is 28.6 Å². The van der Waals surface area contributed by atoms with E-state index in [1.807, 2.05) is 30.3 Å². The highest BCUT2D eigenvalue weighted by atomic mass is 79.9. The first-order valence-corrected chi connectivity index (χ1v) is 9.74. The Balaban J connectivity index is 2.10. The predicted octanol–water partition coefficient (Wildman–Crippen LogP) is 1.87. The number of allylic oxidation sites excluding steroid dienone is 2. The van der Waals surface area contributed by atoms with Gasteiger partial charge in [-0.25, -0.2) is 0 Å². The molecule has 3 aliphatic rings. The Morgan fingerprint density at radius 1 is 1.15 bits per heavy atom. The van der Waals surface area contributed by atoms with Crippen molar-refractivity contribution in [2.75, 3.05) is 6.61 Å². The summed E-state index contributed by atoms with van der Waals surface area (Å²) in [6.45, 7) is 1.56. The molecule has 1 spiro atoms. The zero-order chi connectivity index (χ0) is 18.9. The zero-order valence-electron chi connectivity index (χ0n) is 14.6. The largest absolute Gasteiger partial charge is 0.396 e. The molecule has 5 N–H and O–H groups in total. The predicted molar refractivity (Wildman–Crippen MR) is 101 cm³/mol. The Morgan fingerprint density at radius 3 is 2.19 bits per heavy atom. The van der Waals surface area contributed by atoms with Crippen molar-refractivity contribution in [1.29, 1.82) is 0 Å². The summed E-state index contributed by atoms with van der Waals surface area (Å²) in [7, 11) is 0. The second kappa shape index (κ2) is 5.42. The molecule has 3 aliphatic carbocycles. The molecule has 2 bridgehead atoms. The molecule has 4 rings (SSSR count). The van der Waals surface area contributed by atoms with Crippen molar-refractivity contribution in [1.82, 2.24) is 0 Å². The molecule has 0 radical (unpaired) electrons. The second-order valence-electron chi connectivity index (χ2n) is 8.07. The van der Waals surface area contributed by atoms with E-state index in [1.54, 1.807) is 6.92 Å². The van der Waals surface area contributed by atoms with Crippen molar-refractivity contribution in [3.05, 3.63) is 46.5 Å². The minimum Gasteiger partial charge on any atom is -0.396 e.